The van der Waals surface area contributed by atoms with Crippen molar-refractivity contribution in [3.8, 4) is 0 Å². The van der Waals surface area contributed by atoms with Crippen LogP contribution in [-0.2, 0) is 20.9 Å². The molecule has 0 aliphatic rings. The Morgan fingerprint density at radius 2 is 2.08 bits per heavy atom. The van der Waals surface area contributed by atoms with Crippen LogP contribution in [0.15, 0.2) is 34.2 Å². The van der Waals surface area contributed by atoms with Gasteiger partial charge in [-0.2, -0.15) is 0 Å². The van der Waals surface area contributed by atoms with Crippen LogP contribution in [0.25, 0.3) is 10.9 Å². The third-order valence-corrected chi connectivity index (χ3v) is 4.22. The Morgan fingerprint density at radius 1 is 1.33 bits per heavy atom. The van der Waals surface area contributed by atoms with Crippen molar-refractivity contribution in [1.29, 1.82) is 0 Å². The summed E-state index contributed by atoms with van der Waals surface area (Å²) < 4.78 is 5.88. The van der Waals surface area contributed by atoms with Crippen LogP contribution in [0, 0.1) is 0 Å². The molecular weight excluding hydrogens is 330 g/mol. The minimum Gasteiger partial charge on any atom is -0.468 e. The normalized spacial score (nSPS) is 10.6. The Balaban J connectivity index is 2.35. The summed E-state index contributed by atoms with van der Waals surface area (Å²) in [5.74, 6) is -0.577. The first kappa shape index (κ1) is 18.0. The monoisotopic (exact) mass is 349 g/mol. The molecule has 0 spiro atoms. The van der Waals surface area contributed by atoms with Gasteiger partial charge in [0.1, 0.15) is 6.54 Å². The first-order valence-corrected chi connectivity index (χ1v) is 8.51. The fourth-order valence-electron chi connectivity index (χ4n) is 2.04. The van der Waals surface area contributed by atoms with Gasteiger partial charge in [-0.15, -0.1) is 0 Å². The van der Waals surface area contributed by atoms with Crippen molar-refractivity contribution in [2.45, 2.75) is 25.0 Å². The molecule has 8 heteroatoms. The fraction of sp³-hybridized carbons (Fsp3) is 0.375. The highest BCUT2D eigenvalue weighted by atomic mass is 32.2. The molecule has 0 saturated heterocycles. The van der Waals surface area contributed by atoms with E-state index in [9.17, 15) is 14.4 Å². The van der Waals surface area contributed by atoms with Crippen LogP contribution in [0.5, 0.6) is 0 Å². The van der Waals surface area contributed by atoms with E-state index in [4.69, 9.17) is 0 Å². The maximum Gasteiger partial charge on any atom is 0.325 e. The second-order valence-electron chi connectivity index (χ2n) is 5.02. The van der Waals surface area contributed by atoms with Crippen LogP contribution >= 0.6 is 11.8 Å². The SMILES string of the molecule is CCCNC(=O)CSc1nc2ccccc2c(=O)n1CC(=O)OC. The number of hydrogen-bond acceptors (Lipinski definition) is 6. The number of ether oxygens (including phenoxy) is 1. The number of hydrogen-bond donors (Lipinski definition) is 1. The van der Waals surface area contributed by atoms with Crippen LogP contribution in [-0.4, -0.2) is 40.8 Å². The summed E-state index contributed by atoms with van der Waals surface area (Å²) in [4.78, 5) is 40.4. The number of esters is 1. The fourth-order valence-corrected chi connectivity index (χ4v) is 2.86. The average molecular weight is 349 g/mol. The summed E-state index contributed by atoms with van der Waals surface area (Å²) in [6.45, 7) is 2.32. The number of methoxy groups -OCH3 is 1. The number of carbonyl (C=O) groups is 2. The Labute approximate surface area is 143 Å². The second-order valence-corrected chi connectivity index (χ2v) is 5.96. The Kier molecular flexibility index (Phi) is 6.36. The van der Waals surface area contributed by atoms with Crippen molar-refractivity contribution in [1.82, 2.24) is 14.9 Å². The van der Waals surface area contributed by atoms with E-state index in [1.165, 1.54) is 11.7 Å². The molecule has 1 aromatic heterocycles. The van der Waals surface area contributed by atoms with Crippen molar-refractivity contribution in [2.75, 3.05) is 19.4 Å². The van der Waals surface area contributed by atoms with Gasteiger partial charge < -0.3 is 10.1 Å². The van der Waals surface area contributed by atoms with E-state index in [0.717, 1.165) is 18.2 Å². The van der Waals surface area contributed by atoms with Crippen LogP contribution < -0.4 is 10.9 Å². The number of para-hydroxylation sites is 1. The van der Waals surface area contributed by atoms with Gasteiger partial charge in [-0.05, 0) is 18.6 Å². The molecule has 128 valence electrons. The molecule has 0 aliphatic carbocycles. The number of fused-ring (bicyclic) bond motifs is 1. The molecule has 0 aliphatic heterocycles. The Hall–Kier alpha value is -2.35. The maximum atomic E-state index is 12.6. The highest BCUT2D eigenvalue weighted by Gasteiger charge is 2.15. The molecule has 1 amide bonds. The Morgan fingerprint density at radius 3 is 2.79 bits per heavy atom. The van der Waals surface area contributed by atoms with E-state index in [1.54, 1.807) is 24.3 Å². The summed E-state index contributed by atoms with van der Waals surface area (Å²) in [7, 11) is 1.26. The predicted octanol–water partition coefficient (Wildman–Crippen LogP) is 1.19. The predicted molar refractivity (Wildman–Crippen MR) is 92.0 cm³/mol. The van der Waals surface area contributed by atoms with Gasteiger partial charge in [0.2, 0.25) is 5.91 Å². The quantitative estimate of drug-likeness (QED) is 0.459. The topological polar surface area (TPSA) is 90.3 Å². The molecule has 1 N–H and O–H groups in total. The van der Waals surface area contributed by atoms with Crippen LogP contribution in [0.1, 0.15) is 13.3 Å². The molecular formula is C16H19N3O4S. The number of thioether (sulfide) groups is 1. The summed E-state index contributed by atoms with van der Waals surface area (Å²) in [6.07, 6.45) is 0.845. The first-order valence-electron chi connectivity index (χ1n) is 7.52. The summed E-state index contributed by atoms with van der Waals surface area (Å²) in [5.41, 5.74) is 0.197. The lowest BCUT2D eigenvalue weighted by Gasteiger charge is -2.12. The van der Waals surface area contributed by atoms with Gasteiger partial charge >= 0.3 is 5.97 Å². The van der Waals surface area contributed by atoms with Crippen LogP contribution in [0.2, 0.25) is 0 Å². The number of nitrogens with one attached hydrogen (secondary N) is 1. The minimum atomic E-state index is -0.550. The van der Waals surface area contributed by atoms with E-state index in [2.05, 4.69) is 15.0 Å². The molecule has 1 aromatic carbocycles. The highest BCUT2D eigenvalue weighted by molar-refractivity contribution is 7.99. The molecule has 2 rings (SSSR count). The van der Waals surface area contributed by atoms with Gasteiger partial charge in [0, 0.05) is 6.54 Å². The summed E-state index contributed by atoms with van der Waals surface area (Å²) in [6, 6.07) is 6.89. The largest absolute Gasteiger partial charge is 0.468 e. The van der Waals surface area contributed by atoms with E-state index < -0.39 is 5.97 Å². The van der Waals surface area contributed by atoms with Crippen molar-refractivity contribution < 1.29 is 14.3 Å². The summed E-state index contributed by atoms with van der Waals surface area (Å²) in [5, 5.41) is 3.49. The molecule has 24 heavy (non-hydrogen) atoms. The van der Waals surface area contributed by atoms with Crippen molar-refractivity contribution in [3.05, 3.63) is 34.6 Å². The first-order chi connectivity index (χ1) is 11.6. The standard InChI is InChI=1S/C16H19N3O4S/c1-3-8-17-13(20)10-24-16-18-12-7-5-4-6-11(12)15(22)19(16)9-14(21)23-2/h4-7H,3,8-10H2,1-2H3,(H,17,20). The van der Waals surface area contributed by atoms with E-state index >= 15 is 0 Å². The van der Waals surface area contributed by atoms with Crippen molar-refractivity contribution >= 4 is 34.5 Å². The molecule has 0 fully saturated rings. The van der Waals surface area contributed by atoms with Gasteiger partial charge in [-0.25, -0.2) is 4.98 Å². The molecule has 0 bridgehead atoms. The molecule has 0 unspecified atom stereocenters. The number of nitrogens with zero attached hydrogens (tertiary/aromatic N) is 2. The molecule has 1 heterocycles. The average Bonchev–Trinajstić information content (AvgIpc) is 2.60. The molecule has 0 radical (unpaired) electrons. The van der Waals surface area contributed by atoms with Gasteiger partial charge in [0.05, 0.1) is 23.8 Å². The van der Waals surface area contributed by atoms with Gasteiger partial charge in [-0.1, -0.05) is 30.8 Å². The van der Waals surface area contributed by atoms with Crippen LogP contribution in [0.4, 0.5) is 0 Å². The van der Waals surface area contributed by atoms with Crippen molar-refractivity contribution in [2.24, 2.45) is 0 Å². The Bertz CT molecular complexity index is 803. The molecule has 0 saturated carbocycles. The minimum absolute atomic E-state index is 0.117. The van der Waals surface area contributed by atoms with E-state index in [1.807, 2.05) is 6.92 Å². The van der Waals surface area contributed by atoms with E-state index in [0.29, 0.717) is 22.6 Å². The highest BCUT2D eigenvalue weighted by Crippen LogP contribution is 2.17. The third-order valence-electron chi connectivity index (χ3n) is 3.25. The molecule has 2 aromatic rings. The number of aromatic nitrogens is 2. The van der Waals surface area contributed by atoms with Gasteiger partial charge in [0.15, 0.2) is 5.16 Å². The second kappa shape index (κ2) is 8.49. The lowest BCUT2D eigenvalue weighted by Crippen LogP contribution is -2.29. The smallest absolute Gasteiger partial charge is 0.325 e. The number of carbonyl (C=O) groups excluding carboxylic acids is 2. The zero-order valence-electron chi connectivity index (χ0n) is 13.6. The number of rotatable bonds is 7. The summed E-state index contributed by atoms with van der Waals surface area (Å²) >= 11 is 1.12. The van der Waals surface area contributed by atoms with Crippen molar-refractivity contribution in [3.63, 3.8) is 0 Å². The lowest BCUT2D eigenvalue weighted by molar-refractivity contribution is -0.141. The molecule has 7 nitrogen and oxygen atoms in total. The van der Waals surface area contributed by atoms with Gasteiger partial charge in [-0.3, -0.25) is 19.0 Å². The zero-order valence-corrected chi connectivity index (χ0v) is 14.4. The number of amides is 1. The zero-order chi connectivity index (χ0) is 17.5. The maximum absolute atomic E-state index is 12.6. The third kappa shape index (κ3) is 4.35. The van der Waals surface area contributed by atoms with E-state index in [-0.39, 0.29) is 23.8 Å². The number of benzene rings is 1. The lowest BCUT2D eigenvalue weighted by atomic mass is 10.2. The van der Waals surface area contributed by atoms with Crippen LogP contribution in [0.3, 0.4) is 0 Å². The molecule has 0 atom stereocenters. The van der Waals surface area contributed by atoms with Gasteiger partial charge in [0.25, 0.3) is 5.56 Å².